The number of aryl methyl sites for hydroxylation is 1. The molecule has 7 heteroatoms. The van der Waals surface area contributed by atoms with Crippen molar-refractivity contribution in [2.24, 2.45) is 0 Å². The number of nitrogens with one attached hydrogen (secondary N) is 1. The Morgan fingerprint density at radius 2 is 1.52 bits per heavy atom. The zero-order valence-electron chi connectivity index (χ0n) is 24.9. The fraction of sp³-hybridized carbons (Fsp3) is 0.429. The summed E-state index contributed by atoms with van der Waals surface area (Å²) in [5, 5.41) is 2.97. The highest BCUT2D eigenvalue weighted by atomic mass is 16.5. The highest BCUT2D eigenvalue weighted by molar-refractivity contribution is 6.08. The second-order valence-corrected chi connectivity index (χ2v) is 11.5. The van der Waals surface area contributed by atoms with Gasteiger partial charge in [0.1, 0.15) is 5.75 Å². The number of amides is 2. The molecule has 2 amide bonds. The Bertz CT molecular complexity index is 1320. The van der Waals surface area contributed by atoms with Gasteiger partial charge < -0.3 is 24.8 Å². The molecule has 0 bridgehead atoms. The van der Waals surface area contributed by atoms with E-state index in [0.717, 1.165) is 37.8 Å². The van der Waals surface area contributed by atoms with Crippen molar-refractivity contribution >= 4 is 23.2 Å². The number of fused-ring (bicyclic) bond motifs is 1. The molecule has 3 aromatic carbocycles. The molecule has 0 atom stereocenters. The zero-order valence-corrected chi connectivity index (χ0v) is 24.9. The molecular formula is C35H44N4O3. The minimum Gasteiger partial charge on any atom is -0.493 e. The van der Waals surface area contributed by atoms with Crippen LogP contribution in [0.15, 0.2) is 72.8 Å². The number of ether oxygens (including phenoxy) is 1. The molecule has 222 valence electrons. The van der Waals surface area contributed by atoms with Gasteiger partial charge in [0.2, 0.25) is 0 Å². The molecule has 0 aromatic heterocycles. The van der Waals surface area contributed by atoms with Crippen LogP contribution in [0.3, 0.4) is 0 Å². The maximum absolute atomic E-state index is 13.4. The van der Waals surface area contributed by atoms with Crippen LogP contribution < -0.4 is 15.0 Å². The highest BCUT2D eigenvalue weighted by Gasteiger charge is 2.22. The van der Waals surface area contributed by atoms with Crippen molar-refractivity contribution < 1.29 is 14.3 Å². The van der Waals surface area contributed by atoms with Crippen molar-refractivity contribution in [3.8, 4) is 5.75 Å². The van der Waals surface area contributed by atoms with Crippen molar-refractivity contribution in [3.05, 3.63) is 89.5 Å². The Labute approximate surface area is 250 Å². The van der Waals surface area contributed by atoms with Crippen LogP contribution in [0.1, 0.15) is 64.8 Å². The molecule has 3 aromatic rings. The molecule has 2 heterocycles. The molecule has 0 spiro atoms. The lowest BCUT2D eigenvalue weighted by Gasteiger charge is -2.32. The minimum atomic E-state index is -0.224. The number of unbranched alkanes of at least 4 members (excludes halogenated alkanes) is 3. The van der Waals surface area contributed by atoms with Crippen LogP contribution >= 0.6 is 0 Å². The van der Waals surface area contributed by atoms with Gasteiger partial charge in [0, 0.05) is 49.7 Å². The van der Waals surface area contributed by atoms with Gasteiger partial charge in [-0.3, -0.25) is 9.59 Å². The number of hydrogen-bond acceptors (Lipinski definition) is 5. The lowest BCUT2D eigenvalue weighted by atomic mass is 10.1. The minimum absolute atomic E-state index is 0.0136. The zero-order chi connectivity index (χ0) is 29.1. The molecule has 0 saturated carbocycles. The van der Waals surface area contributed by atoms with Crippen molar-refractivity contribution in [3.63, 3.8) is 0 Å². The van der Waals surface area contributed by atoms with E-state index in [1.54, 1.807) is 30.3 Å². The third-order valence-electron chi connectivity index (χ3n) is 8.35. The maximum atomic E-state index is 13.4. The van der Waals surface area contributed by atoms with Gasteiger partial charge in [-0.1, -0.05) is 43.2 Å². The quantitative estimate of drug-likeness (QED) is 0.283. The summed E-state index contributed by atoms with van der Waals surface area (Å²) in [4.78, 5) is 33.4. The second-order valence-electron chi connectivity index (χ2n) is 11.5. The van der Waals surface area contributed by atoms with Crippen molar-refractivity contribution in [2.75, 3.05) is 63.1 Å². The SMILES string of the molecule is CN1CCN(CCCCCCOc2ccccc2C(=O)Nc2ccc(C(=O)N3CCCCc4ccccc43)cc2)CC1. The van der Waals surface area contributed by atoms with Gasteiger partial charge in [-0.15, -0.1) is 0 Å². The molecule has 7 nitrogen and oxygen atoms in total. The van der Waals surface area contributed by atoms with E-state index in [2.05, 4.69) is 28.2 Å². The molecular weight excluding hydrogens is 524 g/mol. The third-order valence-corrected chi connectivity index (χ3v) is 8.35. The normalized spacial score (nSPS) is 16.0. The van der Waals surface area contributed by atoms with Crippen LogP contribution in [-0.2, 0) is 6.42 Å². The number of rotatable bonds is 11. The Morgan fingerprint density at radius 1 is 0.786 bits per heavy atom. The van der Waals surface area contributed by atoms with Crippen LogP contribution in [0.5, 0.6) is 5.75 Å². The van der Waals surface area contributed by atoms with Crippen LogP contribution in [0.2, 0.25) is 0 Å². The van der Waals surface area contributed by atoms with E-state index in [1.807, 2.05) is 41.3 Å². The van der Waals surface area contributed by atoms with E-state index in [-0.39, 0.29) is 11.8 Å². The lowest BCUT2D eigenvalue weighted by molar-refractivity contribution is 0.0985. The van der Waals surface area contributed by atoms with Crippen LogP contribution in [0, 0.1) is 0 Å². The monoisotopic (exact) mass is 568 g/mol. The largest absolute Gasteiger partial charge is 0.493 e. The van der Waals surface area contributed by atoms with Gasteiger partial charge in [0.05, 0.1) is 12.2 Å². The fourth-order valence-corrected chi connectivity index (χ4v) is 5.78. The maximum Gasteiger partial charge on any atom is 0.259 e. The topological polar surface area (TPSA) is 65.1 Å². The molecule has 42 heavy (non-hydrogen) atoms. The summed E-state index contributed by atoms with van der Waals surface area (Å²) >= 11 is 0. The number of nitrogens with zero attached hydrogens (tertiary/aromatic N) is 3. The number of carbonyl (C=O) groups is 2. The van der Waals surface area contributed by atoms with E-state index >= 15 is 0 Å². The molecule has 2 aliphatic rings. The smallest absolute Gasteiger partial charge is 0.259 e. The summed E-state index contributed by atoms with van der Waals surface area (Å²) in [6, 6.07) is 22.7. The van der Waals surface area contributed by atoms with Gasteiger partial charge in [-0.2, -0.15) is 0 Å². The number of carbonyl (C=O) groups excluding carboxylic acids is 2. The number of benzene rings is 3. The molecule has 2 aliphatic heterocycles. The summed E-state index contributed by atoms with van der Waals surface area (Å²) in [5.41, 5.74) is 3.97. The van der Waals surface area contributed by atoms with E-state index in [4.69, 9.17) is 4.74 Å². The number of para-hydroxylation sites is 2. The summed E-state index contributed by atoms with van der Waals surface area (Å²) in [5.74, 6) is 0.359. The lowest BCUT2D eigenvalue weighted by Crippen LogP contribution is -2.44. The molecule has 1 saturated heterocycles. The number of piperazine rings is 1. The second kappa shape index (κ2) is 15.0. The molecule has 1 N–H and O–H groups in total. The van der Waals surface area contributed by atoms with Crippen molar-refractivity contribution in [2.45, 2.75) is 44.9 Å². The van der Waals surface area contributed by atoms with Crippen LogP contribution in [0.25, 0.3) is 0 Å². The summed E-state index contributed by atoms with van der Waals surface area (Å²) in [6.07, 6.45) is 7.55. The molecule has 5 rings (SSSR count). The summed E-state index contributed by atoms with van der Waals surface area (Å²) in [7, 11) is 2.19. The van der Waals surface area contributed by atoms with Crippen LogP contribution in [0.4, 0.5) is 11.4 Å². The fourth-order valence-electron chi connectivity index (χ4n) is 5.78. The molecule has 0 unspecified atom stereocenters. The standard InChI is InChI=1S/C35H44N4O3/c1-37-23-25-38(26-24-37)21-9-2-3-11-27-42-33-16-7-5-14-31(33)34(40)36-30-19-17-29(18-20-30)35(41)39-22-10-8-13-28-12-4-6-15-32(28)39/h4-7,12,14-20H,2-3,8-11,13,21-27H2,1H3,(H,36,40). The summed E-state index contributed by atoms with van der Waals surface area (Å²) < 4.78 is 6.03. The van der Waals surface area contributed by atoms with Gasteiger partial charge >= 0.3 is 0 Å². The summed E-state index contributed by atoms with van der Waals surface area (Å²) in [6.45, 7) is 7.17. The van der Waals surface area contributed by atoms with E-state index in [1.165, 1.54) is 51.1 Å². The van der Waals surface area contributed by atoms with Crippen LogP contribution in [-0.4, -0.2) is 74.5 Å². The van der Waals surface area contributed by atoms with Gasteiger partial charge in [-0.25, -0.2) is 0 Å². The first kappa shape index (κ1) is 29.8. The Balaban J connectivity index is 1.09. The van der Waals surface area contributed by atoms with Gasteiger partial charge in [0.15, 0.2) is 0 Å². The van der Waals surface area contributed by atoms with E-state index < -0.39 is 0 Å². The van der Waals surface area contributed by atoms with Gasteiger partial charge in [0.25, 0.3) is 11.8 Å². The molecule has 0 aliphatic carbocycles. The Hall–Kier alpha value is -3.68. The first-order valence-corrected chi connectivity index (χ1v) is 15.5. The van der Waals surface area contributed by atoms with E-state index in [0.29, 0.717) is 35.7 Å². The van der Waals surface area contributed by atoms with Gasteiger partial charge in [-0.05, 0) is 93.7 Å². The number of hydrogen-bond donors (Lipinski definition) is 1. The van der Waals surface area contributed by atoms with Crippen molar-refractivity contribution in [1.29, 1.82) is 0 Å². The first-order valence-electron chi connectivity index (χ1n) is 15.5. The third kappa shape index (κ3) is 7.99. The highest BCUT2D eigenvalue weighted by Crippen LogP contribution is 2.28. The van der Waals surface area contributed by atoms with E-state index in [9.17, 15) is 9.59 Å². The number of likely N-dealkylation sites (N-methyl/N-ethyl adjacent to an activating group) is 1. The molecule has 1 fully saturated rings. The number of anilines is 2. The van der Waals surface area contributed by atoms with Crippen molar-refractivity contribution in [1.82, 2.24) is 9.80 Å². The average molecular weight is 569 g/mol. The predicted molar refractivity (Wildman–Crippen MR) is 170 cm³/mol. The first-order chi connectivity index (χ1) is 20.6. The average Bonchev–Trinajstić information content (AvgIpc) is 3.24. The Morgan fingerprint density at radius 3 is 2.36 bits per heavy atom. The predicted octanol–water partition coefficient (Wildman–Crippen LogP) is 6.11. The Kier molecular flexibility index (Phi) is 10.6. The molecule has 0 radical (unpaired) electrons.